The maximum atomic E-state index is 12.8. The molecule has 1 saturated carbocycles. The predicted octanol–water partition coefficient (Wildman–Crippen LogP) is 3.17. The lowest BCUT2D eigenvalue weighted by Crippen LogP contribution is -2.36. The molecule has 0 heterocycles. The van der Waals surface area contributed by atoms with Crippen LogP contribution in [0.3, 0.4) is 0 Å². The minimum absolute atomic E-state index is 0.232. The van der Waals surface area contributed by atoms with Gasteiger partial charge in [0.25, 0.3) is 0 Å². The summed E-state index contributed by atoms with van der Waals surface area (Å²) in [5, 5.41) is 0.232. The second-order valence-corrected chi connectivity index (χ2v) is 7.67. The monoisotopic (exact) mass is 279 g/mol. The summed E-state index contributed by atoms with van der Waals surface area (Å²) in [5.74, 6) is 1.09. The summed E-state index contributed by atoms with van der Waals surface area (Å²) in [4.78, 5) is 0.973. The fourth-order valence-corrected chi connectivity index (χ4v) is 4.88. The van der Waals surface area contributed by atoms with E-state index in [0.717, 1.165) is 17.7 Å². The van der Waals surface area contributed by atoms with Crippen LogP contribution in [0.5, 0.6) is 0 Å². The van der Waals surface area contributed by atoms with E-state index >= 15 is 0 Å². The summed E-state index contributed by atoms with van der Waals surface area (Å²) in [6.07, 6.45) is 3.39. The van der Waals surface area contributed by atoms with Gasteiger partial charge in [-0.1, -0.05) is 19.4 Å². The van der Waals surface area contributed by atoms with E-state index in [1.807, 2.05) is 6.07 Å². The molecule has 0 aromatic heterocycles. The molecule has 0 bridgehead atoms. The average Bonchev–Trinajstić information content (AvgIpc) is 2.41. The summed E-state index contributed by atoms with van der Waals surface area (Å²) >= 11 is 0. The lowest BCUT2D eigenvalue weighted by molar-refractivity contribution is 0.302. The lowest BCUT2D eigenvalue weighted by Gasteiger charge is -2.33. The Bertz CT molecular complexity index is 472. The van der Waals surface area contributed by atoms with Crippen molar-refractivity contribution in [3.8, 4) is 0 Å². The van der Waals surface area contributed by atoms with Crippen molar-refractivity contribution >= 4 is 10.8 Å². The van der Waals surface area contributed by atoms with Crippen molar-refractivity contribution in [2.24, 2.45) is 17.6 Å². The van der Waals surface area contributed by atoms with Gasteiger partial charge in [-0.05, 0) is 68.3 Å². The number of hydrogen-bond acceptors (Lipinski definition) is 2. The van der Waals surface area contributed by atoms with Crippen LogP contribution >= 0.6 is 0 Å². The first-order chi connectivity index (χ1) is 9.02. The normalized spacial score (nSPS) is 29.2. The molecule has 2 nitrogen and oxygen atoms in total. The highest BCUT2D eigenvalue weighted by Gasteiger charge is 2.32. The number of aryl methyl sites for hydroxylation is 2. The van der Waals surface area contributed by atoms with Gasteiger partial charge in [-0.25, -0.2) is 0 Å². The van der Waals surface area contributed by atoms with Gasteiger partial charge >= 0.3 is 0 Å². The zero-order valence-electron chi connectivity index (χ0n) is 12.2. The highest BCUT2D eigenvalue weighted by atomic mass is 32.2. The van der Waals surface area contributed by atoms with Gasteiger partial charge < -0.3 is 5.73 Å². The molecule has 1 fully saturated rings. The molecular formula is C16H25NOS. The Morgan fingerprint density at radius 1 is 1.26 bits per heavy atom. The highest BCUT2D eigenvalue weighted by molar-refractivity contribution is 7.85. The van der Waals surface area contributed by atoms with E-state index in [0.29, 0.717) is 18.4 Å². The molecule has 1 aliphatic carbocycles. The van der Waals surface area contributed by atoms with E-state index in [2.05, 4.69) is 32.9 Å². The van der Waals surface area contributed by atoms with Crippen molar-refractivity contribution in [2.75, 3.05) is 6.54 Å². The van der Waals surface area contributed by atoms with Crippen LogP contribution in [0.25, 0.3) is 0 Å². The Hall–Kier alpha value is -0.670. The second-order valence-electron chi connectivity index (χ2n) is 6.00. The van der Waals surface area contributed by atoms with Crippen molar-refractivity contribution in [3.05, 3.63) is 29.3 Å². The first kappa shape index (κ1) is 14.7. The zero-order chi connectivity index (χ0) is 14.0. The first-order valence-electron chi connectivity index (χ1n) is 7.20. The van der Waals surface area contributed by atoms with Crippen LogP contribution in [0.4, 0.5) is 0 Å². The van der Waals surface area contributed by atoms with Crippen LogP contribution < -0.4 is 5.73 Å². The SMILES string of the molecule is Cc1ccc(S(=O)C2CC(C)CCC2CN)cc1C. The van der Waals surface area contributed by atoms with E-state index in [1.54, 1.807) is 0 Å². The van der Waals surface area contributed by atoms with Gasteiger partial charge in [-0.15, -0.1) is 0 Å². The quantitative estimate of drug-likeness (QED) is 0.923. The molecular weight excluding hydrogens is 254 g/mol. The van der Waals surface area contributed by atoms with Gasteiger partial charge in [-0.3, -0.25) is 4.21 Å². The third kappa shape index (κ3) is 3.26. The van der Waals surface area contributed by atoms with Crippen molar-refractivity contribution in [3.63, 3.8) is 0 Å². The molecule has 1 aromatic carbocycles. The van der Waals surface area contributed by atoms with E-state index in [9.17, 15) is 4.21 Å². The van der Waals surface area contributed by atoms with Crippen LogP contribution in [0, 0.1) is 25.7 Å². The van der Waals surface area contributed by atoms with Crippen LogP contribution in [0.1, 0.15) is 37.3 Å². The molecule has 0 saturated heterocycles. The van der Waals surface area contributed by atoms with Crippen LogP contribution in [-0.2, 0) is 10.8 Å². The molecule has 2 N–H and O–H groups in total. The summed E-state index contributed by atoms with van der Waals surface area (Å²) < 4.78 is 12.8. The molecule has 0 spiro atoms. The largest absolute Gasteiger partial charge is 0.330 e. The van der Waals surface area contributed by atoms with Gasteiger partial charge in [0, 0.05) is 10.1 Å². The van der Waals surface area contributed by atoms with E-state index in [1.165, 1.54) is 17.5 Å². The van der Waals surface area contributed by atoms with E-state index < -0.39 is 10.8 Å². The lowest BCUT2D eigenvalue weighted by atomic mass is 9.82. The van der Waals surface area contributed by atoms with Gasteiger partial charge in [0.15, 0.2) is 0 Å². The molecule has 19 heavy (non-hydrogen) atoms. The molecule has 2 rings (SSSR count). The molecule has 1 aliphatic rings. The molecule has 4 unspecified atom stereocenters. The van der Waals surface area contributed by atoms with Gasteiger partial charge in [0.1, 0.15) is 0 Å². The maximum absolute atomic E-state index is 12.8. The van der Waals surface area contributed by atoms with Gasteiger partial charge in [-0.2, -0.15) is 0 Å². The zero-order valence-corrected chi connectivity index (χ0v) is 13.0. The maximum Gasteiger partial charge on any atom is 0.0564 e. The molecule has 0 radical (unpaired) electrons. The standard InChI is InChI=1S/C16H25NOS/c1-11-4-6-14(10-17)16(8-11)19(18)15-7-5-12(2)13(3)9-15/h5,7,9,11,14,16H,4,6,8,10,17H2,1-3H3. The minimum Gasteiger partial charge on any atom is -0.330 e. The molecule has 0 aliphatic heterocycles. The van der Waals surface area contributed by atoms with Crippen molar-refractivity contribution in [1.29, 1.82) is 0 Å². The highest BCUT2D eigenvalue weighted by Crippen LogP contribution is 2.34. The molecule has 106 valence electrons. The van der Waals surface area contributed by atoms with Gasteiger partial charge in [0.05, 0.1) is 10.8 Å². The topological polar surface area (TPSA) is 43.1 Å². The first-order valence-corrected chi connectivity index (χ1v) is 8.42. The average molecular weight is 279 g/mol. The Morgan fingerprint density at radius 2 is 2.00 bits per heavy atom. The Kier molecular flexibility index (Phi) is 4.80. The Balaban J connectivity index is 2.23. The van der Waals surface area contributed by atoms with Crippen molar-refractivity contribution in [2.45, 2.75) is 50.2 Å². The fourth-order valence-electron chi connectivity index (χ4n) is 2.94. The van der Waals surface area contributed by atoms with E-state index in [-0.39, 0.29) is 5.25 Å². The van der Waals surface area contributed by atoms with Gasteiger partial charge in [0.2, 0.25) is 0 Å². The molecule has 3 heteroatoms. The summed E-state index contributed by atoms with van der Waals surface area (Å²) in [5.41, 5.74) is 8.35. The number of benzene rings is 1. The third-order valence-electron chi connectivity index (χ3n) is 4.48. The number of nitrogens with two attached hydrogens (primary N) is 1. The fraction of sp³-hybridized carbons (Fsp3) is 0.625. The molecule has 0 amide bonds. The van der Waals surface area contributed by atoms with Crippen molar-refractivity contribution in [1.82, 2.24) is 0 Å². The van der Waals surface area contributed by atoms with Crippen molar-refractivity contribution < 1.29 is 4.21 Å². The van der Waals surface area contributed by atoms with Crippen LogP contribution in [-0.4, -0.2) is 16.0 Å². The predicted molar refractivity (Wildman–Crippen MR) is 81.7 cm³/mol. The summed E-state index contributed by atoms with van der Waals surface area (Å²) in [6, 6.07) is 6.18. The summed E-state index contributed by atoms with van der Waals surface area (Å²) in [7, 11) is -0.919. The third-order valence-corrected chi connectivity index (χ3v) is 6.32. The Morgan fingerprint density at radius 3 is 2.63 bits per heavy atom. The summed E-state index contributed by atoms with van der Waals surface area (Å²) in [6.45, 7) is 7.10. The number of hydrogen-bond donors (Lipinski definition) is 1. The number of rotatable bonds is 3. The molecule has 1 aromatic rings. The second kappa shape index (κ2) is 6.19. The van der Waals surface area contributed by atoms with E-state index in [4.69, 9.17) is 5.73 Å². The molecule has 4 atom stereocenters. The Labute approximate surface area is 119 Å². The minimum atomic E-state index is -0.919. The van der Waals surface area contributed by atoms with Crippen LogP contribution in [0.2, 0.25) is 0 Å². The van der Waals surface area contributed by atoms with Crippen LogP contribution in [0.15, 0.2) is 23.1 Å². The smallest absolute Gasteiger partial charge is 0.0564 e.